The largest absolute Gasteiger partial charge is 0.482 e. The van der Waals surface area contributed by atoms with Crippen LogP contribution in [0.2, 0.25) is 0 Å². The number of aliphatic carboxylic acids is 2. The molecule has 0 bridgehead atoms. The van der Waals surface area contributed by atoms with Crippen LogP contribution in [0.15, 0.2) is 42.5 Å². The predicted molar refractivity (Wildman–Crippen MR) is 100 cm³/mol. The summed E-state index contributed by atoms with van der Waals surface area (Å²) in [4.78, 5) is 22.7. The smallest absolute Gasteiger partial charge is 0.341 e. The first-order chi connectivity index (χ1) is 12.8. The number of benzene rings is 2. The average Bonchev–Trinajstić information content (AvgIpc) is 2.64. The fourth-order valence-corrected chi connectivity index (χ4v) is 2.50. The Bertz CT molecular complexity index is 849. The maximum Gasteiger partial charge on any atom is 0.341 e. The number of nitrogens with one attached hydrogen (secondary N) is 2. The van der Waals surface area contributed by atoms with Gasteiger partial charge < -0.3 is 26.0 Å². The van der Waals surface area contributed by atoms with Crippen molar-refractivity contribution in [1.82, 2.24) is 0 Å². The first-order valence-corrected chi connectivity index (χ1v) is 8.23. The van der Waals surface area contributed by atoms with Gasteiger partial charge in [-0.05, 0) is 48.4 Å². The molecule has 0 fully saturated rings. The number of aryl methyl sites for hydroxylation is 1. The van der Waals surface area contributed by atoms with Crippen LogP contribution in [0.25, 0.3) is 0 Å². The molecular weight excluding hydrogens is 350 g/mol. The molecule has 1 unspecified atom stereocenters. The van der Waals surface area contributed by atoms with E-state index in [0.29, 0.717) is 23.2 Å². The molecule has 0 saturated carbocycles. The molecule has 0 amide bonds. The molecule has 8 nitrogen and oxygen atoms in total. The average molecular weight is 371 g/mol. The van der Waals surface area contributed by atoms with E-state index in [0.717, 1.165) is 5.56 Å². The van der Waals surface area contributed by atoms with Crippen molar-refractivity contribution in [3.63, 3.8) is 0 Å². The van der Waals surface area contributed by atoms with Gasteiger partial charge in [-0.15, -0.1) is 0 Å². The van der Waals surface area contributed by atoms with Crippen LogP contribution >= 0.6 is 0 Å². The second kappa shape index (κ2) is 8.70. The molecule has 0 spiro atoms. The Morgan fingerprint density at radius 2 is 1.85 bits per heavy atom. The second-order valence-electron chi connectivity index (χ2n) is 5.81. The van der Waals surface area contributed by atoms with Gasteiger partial charge >= 0.3 is 11.9 Å². The fraction of sp³-hybridized carbons (Fsp3) is 0.211. The third-order valence-electron chi connectivity index (χ3n) is 3.90. The zero-order chi connectivity index (χ0) is 20.0. The first-order valence-electron chi connectivity index (χ1n) is 8.23. The van der Waals surface area contributed by atoms with Gasteiger partial charge in [0.2, 0.25) is 0 Å². The molecule has 8 heteroatoms. The maximum absolute atomic E-state index is 11.9. The number of carboxylic acids is 2. The van der Waals surface area contributed by atoms with Crippen molar-refractivity contribution in [1.29, 1.82) is 5.41 Å². The lowest BCUT2D eigenvalue weighted by Gasteiger charge is -2.20. The molecular formula is C19H21N3O5. The van der Waals surface area contributed by atoms with Crippen LogP contribution in [0.3, 0.4) is 0 Å². The van der Waals surface area contributed by atoms with E-state index in [1.54, 1.807) is 42.5 Å². The lowest BCUT2D eigenvalue weighted by Crippen LogP contribution is -2.22. The summed E-state index contributed by atoms with van der Waals surface area (Å²) in [5.41, 5.74) is 7.68. The molecule has 0 saturated heterocycles. The standard InChI is InChI=1S/C19H21N3O5/c1-2-11-3-8-15(27-10-16(23)24)14(9-11)17(19(25)26)22-13-6-4-12(5-7-13)18(20)21/h3-9,17,22H,2,10H2,1H3,(H3,20,21)(H,23,24)(H,25,26). The summed E-state index contributed by atoms with van der Waals surface area (Å²) in [6.07, 6.45) is 0.686. The van der Waals surface area contributed by atoms with E-state index in [4.69, 9.17) is 21.0 Å². The van der Waals surface area contributed by atoms with Gasteiger partial charge in [-0.25, -0.2) is 9.59 Å². The van der Waals surface area contributed by atoms with Crippen molar-refractivity contribution >= 4 is 23.5 Å². The van der Waals surface area contributed by atoms with Gasteiger partial charge in [0, 0.05) is 16.8 Å². The lowest BCUT2D eigenvalue weighted by atomic mass is 10.0. The Morgan fingerprint density at radius 1 is 1.19 bits per heavy atom. The summed E-state index contributed by atoms with van der Waals surface area (Å²) in [5.74, 6) is -2.19. The zero-order valence-corrected chi connectivity index (χ0v) is 14.7. The molecule has 0 aliphatic carbocycles. The van der Waals surface area contributed by atoms with Crippen LogP contribution in [0.4, 0.5) is 5.69 Å². The molecule has 0 aliphatic rings. The van der Waals surface area contributed by atoms with Crippen LogP contribution in [0.5, 0.6) is 5.75 Å². The predicted octanol–water partition coefficient (Wildman–Crippen LogP) is 2.23. The monoisotopic (exact) mass is 371 g/mol. The van der Waals surface area contributed by atoms with Crippen molar-refractivity contribution in [2.75, 3.05) is 11.9 Å². The van der Waals surface area contributed by atoms with E-state index in [1.165, 1.54) is 0 Å². The van der Waals surface area contributed by atoms with Gasteiger partial charge in [0.25, 0.3) is 0 Å². The van der Waals surface area contributed by atoms with Gasteiger partial charge in [-0.2, -0.15) is 0 Å². The van der Waals surface area contributed by atoms with E-state index in [9.17, 15) is 14.7 Å². The quantitative estimate of drug-likeness (QED) is 0.335. The van der Waals surface area contributed by atoms with Crippen molar-refractivity contribution in [2.45, 2.75) is 19.4 Å². The number of carboxylic acid groups (broad SMARTS) is 2. The highest BCUT2D eigenvalue weighted by molar-refractivity contribution is 5.95. The SMILES string of the molecule is CCc1ccc(OCC(=O)O)c(C(Nc2ccc(C(=N)N)cc2)C(=O)O)c1. The van der Waals surface area contributed by atoms with E-state index in [-0.39, 0.29) is 11.6 Å². The summed E-state index contributed by atoms with van der Waals surface area (Å²) in [5, 5.41) is 28.8. The second-order valence-corrected chi connectivity index (χ2v) is 5.81. The van der Waals surface area contributed by atoms with E-state index in [2.05, 4.69) is 5.32 Å². The third kappa shape index (κ3) is 5.21. The van der Waals surface area contributed by atoms with Crippen molar-refractivity contribution < 1.29 is 24.5 Å². The molecule has 0 radical (unpaired) electrons. The van der Waals surface area contributed by atoms with Crippen LogP contribution < -0.4 is 15.8 Å². The van der Waals surface area contributed by atoms with Crippen LogP contribution in [0.1, 0.15) is 29.7 Å². The number of rotatable bonds is 9. The number of nitrogen functional groups attached to an aromatic ring is 1. The highest BCUT2D eigenvalue weighted by Gasteiger charge is 2.24. The first kappa shape index (κ1) is 19.8. The Labute approximate surface area is 156 Å². The van der Waals surface area contributed by atoms with Gasteiger partial charge in [0.05, 0.1) is 0 Å². The Balaban J connectivity index is 2.37. The summed E-state index contributed by atoms with van der Waals surface area (Å²) in [6, 6.07) is 10.3. The molecule has 1 atom stereocenters. The number of nitrogens with two attached hydrogens (primary N) is 1. The topological polar surface area (TPSA) is 146 Å². The minimum Gasteiger partial charge on any atom is -0.482 e. The van der Waals surface area contributed by atoms with E-state index < -0.39 is 24.6 Å². The molecule has 142 valence electrons. The van der Waals surface area contributed by atoms with E-state index in [1.807, 2.05) is 6.92 Å². The van der Waals surface area contributed by atoms with Crippen LogP contribution in [-0.4, -0.2) is 34.6 Å². The van der Waals surface area contributed by atoms with Crippen molar-refractivity contribution in [3.05, 3.63) is 59.2 Å². The minimum absolute atomic E-state index is 0.0867. The van der Waals surface area contributed by atoms with Crippen LogP contribution in [-0.2, 0) is 16.0 Å². The van der Waals surface area contributed by atoms with Gasteiger partial charge in [0.15, 0.2) is 12.6 Å². The van der Waals surface area contributed by atoms with Crippen molar-refractivity contribution in [2.24, 2.45) is 5.73 Å². The fourth-order valence-electron chi connectivity index (χ4n) is 2.50. The Morgan fingerprint density at radius 3 is 2.37 bits per heavy atom. The Hall–Kier alpha value is -3.55. The Kier molecular flexibility index (Phi) is 6.37. The summed E-state index contributed by atoms with van der Waals surface area (Å²) < 4.78 is 5.27. The maximum atomic E-state index is 11.9. The number of ether oxygens (including phenoxy) is 1. The molecule has 2 aromatic carbocycles. The van der Waals surface area contributed by atoms with Crippen molar-refractivity contribution in [3.8, 4) is 5.75 Å². The van der Waals surface area contributed by atoms with E-state index >= 15 is 0 Å². The number of hydrogen-bond acceptors (Lipinski definition) is 5. The zero-order valence-electron chi connectivity index (χ0n) is 14.7. The summed E-state index contributed by atoms with van der Waals surface area (Å²) in [6.45, 7) is 1.36. The molecule has 0 aromatic heterocycles. The summed E-state index contributed by atoms with van der Waals surface area (Å²) >= 11 is 0. The van der Waals surface area contributed by atoms with Gasteiger partial charge in [-0.1, -0.05) is 13.0 Å². The highest BCUT2D eigenvalue weighted by Crippen LogP contribution is 2.30. The molecule has 2 rings (SSSR count). The normalized spacial score (nSPS) is 11.4. The highest BCUT2D eigenvalue weighted by atomic mass is 16.5. The van der Waals surface area contributed by atoms with Gasteiger partial charge in [-0.3, -0.25) is 5.41 Å². The van der Waals surface area contributed by atoms with Crippen LogP contribution in [0, 0.1) is 5.41 Å². The minimum atomic E-state index is -1.15. The summed E-state index contributed by atoms with van der Waals surface area (Å²) in [7, 11) is 0. The molecule has 6 N–H and O–H groups in total. The number of amidine groups is 1. The molecule has 27 heavy (non-hydrogen) atoms. The third-order valence-corrected chi connectivity index (χ3v) is 3.90. The molecule has 2 aromatic rings. The number of hydrogen-bond donors (Lipinski definition) is 5. The molecule has 0 aliphatic heterocycles. The number of carbonyl (C=O) groups is 2. The lowest BCUT2D eigenvalue weighted by molar-refractivity contribution is -0.139. The molecule has 0 heterocycles. The van der Waals surface area contributed by atoms with Gasteiger partial charge in [0.1, 0.15) is 11.6 Å². The number of anilines is 1.